The van der Waals surface area contributed by atoms with Gasteiger partial charge in [0.05, 0.1) is 0 Å². The molecule has 0 aromatic carbocycles. The van der Waals surface area contributed by atoms with Crippen LogP contribution >= 0.6 is 11.6 Å². The number of carbonyl (C=O) groups is 1. The highest BCUT2D eigenvalue weighted by atomic mass is 35.5. The summed E-state index contributed by atoms with van der Waals surface area (Å²) in [4.78, 5) is 23.4. The van der Waals surface area contributed by atoms with E-state index in [1.807, 2.05) is 13.8 Å². The van der Waals surface area contributed by atoms with E-state index in [-0.39, 0.29) is 17.7 Å². The Morgan fingerprint density at radius 1 is 1.21 bits per heavy atom. The number of ether oxygens (including phenoxy) is 3. The van der Waals surface area contributed by atoms with E-state index in [4.69, 9.17) is 35.6 Å². The van der Waals surface area contributed by atoms with Crippen molar-refractivity contribution in [3.63, 3.8) is 0 Å². The van der Waals surface area contributed by atoms with E-state index in [1.54, 1.807) is 0 Å². The lowest BCUT2D eigenvalue weighted by atomic mass is 9.58. The van der Waals surface area contributed by atoms with Crippen molar-refractivity contribution in [2.24, 2.45) is 23.7 Å². The Balaban J connectivity index is 1.71. The average Bonchev–Trinajstić information content (AvgIpc) is 2.78. The van der Waals surface area contributed by atoms with Crippen LogP contribution in [0.3, 0.4) is 0 Å². The molecule has 5 aliphatic rings. The van der Waals surface area contributed by atoms with Gasteiger partial charge in [0.15, 0.2) is 11.9 Å². The molecule has 8 atom stereocenters. The van der Waals surface area contributed by atoms with Crippen molar-refractivity contribution in [3.05, 3.63) is 0 Å². The van der Waals surface area contributed by atoms with Crippen molar-refractivity contribution in [1.29, 1.82) is 0 Å². The molecule has 4 heterocycles. The molecule has 4 saturated heterocycles. The fraction of sp³-hybridized carbons (Fsp3) is 0.941. The average molecular weight is 361 g/mol. The molecule has 0 aromatic heterocycles. The Bertz CT molecular complexity index is 529. The molecular formula is C17H25ClO6. The van der Waals surface area contributed by atoms with Crippen molar-refractivity contribution in [3.8, 4) is 0 Å². The standard InChI is InChI=1S/C17H25ClO6/c1-9-4-5-12-10(2)14(20-13(19)8-18)21-15-17(12)11(9)6-7-16(3,22-15)23-24-17/h9-12,14-15H,4-8H2,1-3H3/t9-,10-,11-,12-,14-,15-,16-,17-/m1/s1. The molecule has 0 radical (unpaired) electrons. The number of hydrogen-bond donors (Lipinski definition) is 0. The van der Waals surface area contributed by atoms with Crippen LogP contribution in [0.5, 0.6) is 0 Å². The van der Waals surface area contributed by atoms with E-state index in [0.29, 0.717) is 11.8 Å². The Morgan fingerprint density at radius 3 is 2.75 bits per heavy atom. The highest BCUT2D eigenvalue weighted by molar-refractivity contribution is 6.26. The monoisotopic (exact) mass is 360 g/mol. The minimum atomic E-state index is -0.820. The van der Waals surface area contributed by atoms with Crippen LogP contribution in [-0.4, -0.2) is 35.8 Å². The Labute approximate surface area is 147 Å². The van der Waals surface area contributed by atoms with Gasteiger partial charge in [0, 0.05) is 18.3 Å². The molecule has 0 aromatic rings. The van der Waals surface area contributed by atoms with E-state index in [1.165, 1.54) is 0 Å². The smallest absolute Gasteiger partial charge is 0.323 e. The second kappa shape index (κ2) is 5.81. The maximum atomic E-state index is 11.7. The molecule has 136 valence electrons. The summed E-state index contributed by atoms with van der Waals surface area (Å²) in [6, 6.07) is 0. The molecule has 7 heteroatoms. The summed E-state index contributed by atoms with van der Waals surface area (Å²) < 4.78 is 17.7. The zero-order valence-corrected chi connectivity index (χ0v) is 15.1. The fourth-order valence-corrected chi connectivity index (χ4v) is 5.23. The largest absolute Gasteiger partial charge is 0.434 e. The molecule has 6 nitrogen and oxygen atoms in total. The first kappa shape index (κ1) is 17.0. The molecule has 4 aliphatic heterocycles. The van der Waals surface area contributed by atoms with Crippen molar-refractivity contribution < 1.29 is 28.8 Å². The number of hydrogen-bond acceptors (Lipinski definition) is 6. The SMILES string of the molecule is C[C@H]1[C@H](OC(=O)CCl)O[C@@H]2O[C@@]3(C)CC[C@@H]4[C@H](C)CC[C@H]1[C@@]24OO3. The molecule has 0 N–H and O–H groups in total. The number of carbonyl (C=O) groups excluding carboxylic acids is 1. The van der Waals surface area contributed by atoms with Gasteiger partial charge in [0.25, 0.3) is 0 Å². The molecule has 5 fully saturated rings. The van der Waals surface area contributed by atoms with Gasteiger partial charge in [0.1, 0.15) is 5.88 Å². The zero-order valence-electron chi connectivity index (χ0n) is 14.3. The second-order valence-electron chi connectivity index (χ2n) is 7.90. The lowest BCUT2D eigenvalue weighted by molar-refractivity contribution is -0.576. The van der Waals surface area contributed by atoms with Crippen molar-refractivity contribution in [2.75, 3.05) is 5.88 Å². The zero-order chi connectivity index (χ0) is 17.1. The molecule has 0 amide bonds. The summed E-state index contributed by atoms with van der Waals surface area (Å²) >= 11 is 5.58. The minimum Gasteiger partial charge on any atom is -0.434 e. The Morgan fingerprint density at radius 2 is 2.00 bits per heavy atom. The van der Waals surface area contributed by atoms with Gasteiger partial charge in [-0.2, -0.15) is 0 Å². The summed E-state index contributed by atoms with van der Waals surface area (Å²) in [6.45, 7) is 6.18. The predicted molar refractivity (Wildman–Crippen MR) is 83.6 cm³/mol. The van der Waals surface area contributed by atoms with E-state index in [0.717, 1.165) is 25.7 Å². The van der Waals surface area contributed by atoms with Crippen LogP contribution in [0.4, 0.5) is 0 Å². The van der Waals surface area contributed by atoms with Gasteiger partial charge in [-0.3, -0.25) is 4.79 Å². The summed E-state index contributed by atoms with van der Waals surface area (Å²) in [5.74, 6) is -0.546. The van der Waals surface area contributed by atoms with Crippen LogP contribution in [0.25, 0.3) is 0 Å². The highest BCUT2D eigenvalue weighted by Crippen LogP contribution is 2.60. The molecule has 5 rings (SSSR count). The summed E-state index contributed by atoms with van der Waals surface area (Å²) in [5.41, 5.74) is -0.628. The van der Waals surface area contributed by atoms with E-state index >= 15 is 0 Å². The van der Waals surface area contributed by atoms with Gasteiger partial charge in [-0.05, 0) is 38.0 Å². The summed E-state index contributed by atoms with van der Waals surface area (Å²) in [7, 11) is 0. The molecule has 2 bridgehead atoms. The summed E-state index contributed by atoms with van der Waals surface area (Å²) in [6.07, 6.45) is 2.56. The van der Waals surface area contributed by atoms with Crippen LogP contribution in [0, 0.1) is 23.7 Å². The van der Waals surface area contributed by atoms with Crippen LogP contribution < -0.4 is 0 Å². The topological polar surface area (TPSA) is 63.2 Å². The normalized spacial score (nSPS) is 53.2. The summed E-state index contributed by atoms with van der Waals surface area (Å²) in [5, 5.41) is 0. The Kier molecular flexibility index (Phi) is 4.12. The first-order chi connectivity index (χ1) is 11.4. The third kappa shape index (κ3) is 2.34. The molecule has 24 heavy (non-hydrogen) atoms. The maximum Gasteiger partial charge on any atom is 0.323 e. The molecule has 1 spiro atoms. The predicted octanol–water partition coefficient (Wildman–Crippen LogP) is 2.98. The molecule has 1 aliphatic carbocycles. The van der Waals surface area contributed by atoms with E-state index in [2.05, 4.69) is 6.92 Å². The van der Waals surface area contributed by atoms with Gasteiger partial charge in [-0.1, -0.05) is 13.8 Å². The van der Waals surface area contributed by atoms with Crippen LogP contribution in [0.2, 0.25) is 0 Å². The quantitative estimate of drug-likeness (QED) is 0.428. The number of halogens is 1. The third-order valence-corrected chi connectivity index (χ3v) is 6.67. The number of esters is 1. The molecular weight excluding hydrogens is 336 g/mol. The second-order valence-corrected chi connectivity index (χ2v) is 8.16. The molecule has 1 saturated carbocycles. The van der Waals surface area contributed by atoms with Crippen LogP contribution in [0.15, 0.2) is 0 Å². The van der Waals surface area contributed by atoms with Crippen LogP contribution in [-0.2, 0) is 28.8 Å². The van der Waals surface area contributed by atoms with Gasteiger partial charge in [0.2, 0.25) is 12.1 Å². The van der Waals surface area contributed by atoms with Crippen molar-refractivity contribution in [2.45, 2.75) is 70.4 Å². The van der Waals surface area contributed by atoms with Crippen molar-refractivity contribution in [1.82, 2.24) is 0 Å². The maximum absolute atomic E-state index is 11.7. The van der Waals surface area contributed by atoms with E-state index in [9.17, 15) is 4.79 Å². The number of rotatable bonds is 2. The molecule has 0 unspecified atom stereocenters. The lowest BCUT2D eigenvalue weighted by Gasteiger charge is -2.59. The number of alkyl halides is 1. The first-order valence-corrected chi connectivity index (χ1v) is 9.38. The Hall–Kier alpha value is -0.400. The fourth-order valence-electron chi connectivity index (χ4n) is 5.17. The highest BCUT2D eigenvalue weighted by Gasteiger charge is 2.69. The minimum absolute atomic E-state index is 0.0157. The third-order valence-electron chi connectivity index (χ3n) is 6.45. The van der Waals surface area contributed by atoms with Gasteiger partial charge >= 0.3 is 5.97 Å². The lowest BCUT2D eigenvalue weighted by Crippen LogP contribution is -2.70. The van der Waals surface area contributed by atoms with Crippen molar-refractivity contribution >= 4 is 17.6 Å². The van der Waals surface area contributed by atoms with Gasteiger partial charge < -0.3 is 14.2 Å². The van der Waals surface area contributed by atoms with Crippen LogP contribution in [0.1, 0.15) is 46.5 Å². The first-order valence-electron chi connectivity index (χ1n) is 8.85. The van der Waals surface area contributed by atoms with Gasteiger partial charge in [-0.15, -0.1) is 11.6 Å². The number of fused-ring (bicyclic) bond motifs is 2. The van der Waals surface area contributed by atoms with Gasteiger partial charge in [-0.25, -0.2) is 9.78 Å². The van der Waals surface area contributed by atoms with E-state index < -0.39 is 29.9 Å².